The molecule has 0 spiro atoms. The number of benzene rings is 1. The molecule has 108 valence electrons. The Morgan fingerprint density at radius 3 is 2.52 bits per heavy atom. The average Bonchev–Trinajstić information content (AvgIpc) is 2.45. The summed E-state index contributed by atoms with van der Waals surface area (Å²) in [6.07, 6.45) is 4.13. The molecule has 1 heterocycles. The molecule has 0 radical (unpaired) electrons. The van der Waals surface area contributed by atoms with E-state index >= 15 is 0 Å². The Morgan fingerprint density at radius 2 is 2.00 bits per heavy atom. The fourth-order valence-corrected chi connectivity index (χ4v) is 2.45. The van der Waals surface area contributed by atoms with E-state index in [9.17, 15) is 9.90 Å². The van der Waals surface area contributed by atoms with Crippen molar-refractivity contribution in [1.29, 1.82) is 0 Å². The zero-order valence-electron chi connectivity index (χ0n) is 12.6. The lowest BCUT2D eigenvalue weighted by atomic mass is 9.90. The number of nitrogens with zero attached hydrogens (tertiary/aromatic N) is 1. The fourth-order valence-electron chi connectivity index (χ4n) is 2.45. The van der Waals surface area contributed by atoms with Crippen LogP contribution in [-0.4, -0.2) is 16.1 Å². The Balaban J connectivity index is 2.51. The van der Waals surface area contributed by atoms with Crippen molar-refractivity contribution >= 4 is 12.0 Å². The Hall–Kier alpha value is -2.42. The van der Waals surface area contributed by atoms with Gasteiger partial charge in [-0.3, -0.25) is 4.98 Å². The number of pyridine rings is 1. The lowest BCUT2D eigenvalue weighted by molar-refractivity contribution is 0.0696. The van der Waals surface area contributed by atoms with Crippen LogP contribution in [0.5, 0.6) is 0 Å². The molecule has 0 aliphatic carbocycles. The van der Waals surface area contributed by atoms with Gasteiger partial charge >= 0.3 is 5.97 Å². The van der Waals surface area contributed by atoms with Crippen molar-refractivity contribution in [2.45, 2.75) is 27.2 Å². The average molecular weight is 281 g/mol. The highest BCUT2D eigenvalue weighted by Crippen LogP contribution is 2.25. The minimum absolute atomic E-state index is 0.308. The van der Waals surface area contributed by atoms with Crippen LogP contribution in [0, 0.1) is 20.8 Å². The maximum atomic E-state index is 11.4. The van der Waals surface area contributed by atoms with Crippen LogP contribution in [0.3, 0.4) is 0 Å². The second-order valence-electron chi connectivity index (χ2n) is 5.24. The Labute approximate surface area is 125 Å². The van der Waals surface area contributed by atoms with Crippen LogP contribution >= 0.6 is 0 Å². The third-order valence-corrected chi connectivity index (χ3v) is 3.86. The van der Waals surface area contributed by atoms with Gasteiger partial charge in [-0.05, 0) is 67.1 Å². The van der Waals surface area contributed by atoms with Gasteiger partial charge in [0.25, 0.3) is 0 Å². The van der Waals surface area contributed by atoms with Gasteiger partial charge in [-0.25, -0.2) is 4.79 Å². The molecular weight excluding hydrogens is 262 g/mol. The van der Waals surface area contributed by atoms with Crippen LogP contribution in [0.1, 0.15) is 43.9 Å². The molecule has 0 fully saturated rings. The lowest BCUT2D eigenvalue weighted by Crippen LogP contribution is -2.06. The van der Waals surface area contributed by atoms with E-state index in [2.05, 4.69) is 11.6 Å². The highest BCUT2D eigenvalue weighted by atomic mass is 16.4. The maximum Gasteiger partial charge on any atom is 0.336 e. The van der Waals surface area contributed by atoms with Crippen molar-refractivity contribution in [3.8, 4) is 0 Å². The molecule has 1 N–H and O–H groups in total. The summed E-state index contributed by atoms with van der Waals surface area (Å²) in [4.78, 5) is 15.7. The van der Waals surface area contributed by atoms with Gasteiger partial charge in [0.05, 0.1) is 5.56 Å². The summed E-state index contributed by atoms with van der Waals surface area (Å²) in [5, 5.41) is 9.38. The van der Waals surface area contributed by atoms with Crippen molar-refractivity contribution in [2.75, 3.05) is 0 Å². The normalized spacial score (nSPS) is 10.4. The van der Waals surface area contributed by atoms with Crippen LogP contribution in [0.15, 0.2) is 31.0 Å². The van der Waals surface area contributed by atoms with Gasteiger partial charge in [0, 0.05) is 11.9 Å². The topological polar surface area (TPSA) is 50.2 Å². The van der Waals surface area contributed by atoms with Gasteiger partial charge in [-0.1, -0.05) is 18.7 Å². The molecule has 0 amide bonds. The number of hydrogen-bond acceptors (Lipinski definition) is 2. The minimum Gasteiger partial charge on any atom is -0.478 e. The molecule has 2 rings (SSSR count). The first-order valence-corrected chi connectivity index (χ1v) is 6.84. The van der Waals surface area contributed by atoms with E-state index in [1.165, 1.54) is 0 Å². The van der Waals surface area contributed by atoms with E-state index in [0.717, 1.165) is 27.9 Å². The van der Waals surface area contributed by atoms with Gasteiger partial charge in [-0.15, -0.1) is 0 Å². The summed E-state index contributed by atoms with van der Waals surface area (Å²) < 4.78 is 0. The summed E-state index contributed by atoms with van der Waals surface area (Å²) in [7, 11) is 0. The first-order valence-electron chi connectivity index (χ1n) is 6.84. The van der Waals surface area contributed by atoms with Crippen molar-refractivity contribution in [3.63, 3.8) is 0 Å². The number of carboxylic acid groups (broad SMARTS) is 1. The zero-order chi connectivity index (χ0) is 15.6. The zero-order valence-corrected chi connectivity index (χ0v) is 12.6. The highest BCUT2D eigenvalue weighted by Gasteiger charge is 2.15. The molecule has 0 bridgehead atoms. The lowest BCUT2D eigenvalue weighted by Gasteiger charge is -2.14. The largest absolute Gasteiger partial charge is 0.478 e. The number of aromatic nitrogens is 1. The Bertz CT molecular complexity index is 700. The number of carboxylic acids is 1. The summed E-state index contributed by atoms with van der Waals surface area (Å²) >= 11 is 0. The molecule has 1 aromatic heterocycles. The Morgan fingerprint density at radius 1 is 1.29 bits per heavy atom. The van der Waals surface area contributed by atoms with Crippen LogP contribution in [0.4, 0.5) is 0 Å². The molecule has 0 saturated heterocycles. The molecule has 3 nitrogen and oxygen atoms in total. The van der Waals surface area contributed by atoms with Crippen molar-refractivity contribution < 1.29 is 9.90 Å². The second kappa shape index (κ2) is 5.92. The number of rotatable bonds is 4. The quantitative estimate of drug-likeness (QED) is 0.923. The predicted octanol–water partition coefficient (Wildman–Crippen LogP) is 3.94. The van der Waals surface area contributed by atoms with Crippen molar-refractivity contribution in [2.24, 2.45) is 0 Å². The first-order chi connectivity index (χ1) is 9.93. The molecule has 0 aliphatic rings. The maximum absolute atomic E-state index is 11.4. The third kappa shape index (κ3) is 3.02. The summed E-state index contributed by atoms with van der Waals surface area (Å²) in [5.41, 5.74) is 6.15. The second-order valence-corrected chi connectivity index (χ2v) is 5.24. The molecule has 0 saturated carbocycles. The number of aryl methyl sites for hydroxylation is 1. The number of carbonyl (C=O) groups is 1. The highest BCUT2D eigenvalue weighted by molar-refractivity contribution is 5.93. The SMILES string of the molecule is C=Cc1c(C(=O)O)cc(Cc2ccc(C)nc2)c(C)c1C. The van der Waals surface area contributed by atoms with Crippen LogP contribution < -0.4 is 0 Å². The van der Waals surface area contributed by atoms with E-state index in [4.69, 9.17) is 0 Å². The molecule has 21 heavy (non-hydrogen) atoms. The molecule has 3 heteroatoms. The first kappa shape index (κ1) is 15.0. The summed E-state index contributed by atoms with van der Waals surface area (Å²) in [5.74, 6) is -0.920. The Kier molecular flexibility index (Phi) is 4.22. The van der Waals surface area contributed by atoms with E-state index in [1.54, 1.807) is 12.1 Å². The fraction of sp³-hybridized carbons (Fsp3) is 0.222. The monoisotopic (exact) mass is 281 g/mol. The number of aromatic carboxylic acids is 1. The minimum atomic E-state index is -0.920. The molecule has 0 unspecified atom stereocenters. The third-order valence-electron chi connectivity index (χ3n) is 3.86. The molecule has 2 aromatic rings. The molecule has 1 aromatic carbocycles. The van der Waals surface area contributed by atoms with Gasteiger partial charge < -0.3 is 5.11 Å². The van der Waals surface area contributed by atoms with Gasteiger partial charge in [0.1, 0.15) is 0 Å². The van der Waals surface area contributed by atoms with E-state index < -0.39 is 5.97 Å². The molecule has 0 atom stereocenters. The summed E-state index contributed by atoms with van der Waals surface area (Å²) in [6.45, 7) is 9.63. The van der Waals surface area contributed by atoms with Crippen LogP contribution in [0.25, 0.3) is 6.08 Å². The molecule has 0 aliphatic heterocycles. The van der Waals surface area contributed by atoms with Gasteiger partial charge in [0.15, 0.2) is 0 Å². The number of hydrogen-bond donors (Lipinski definition) is 1. The van der Waals surface area contributed by atoms with Crippen LogP contribution in [-0.2, 0) is 6.42 Å². The van der Waals surface area contributed by atoms with Gasteiger partial charge in [0.2, 0.25) is 0 Å². The van der Waals surface area contributed by atoms with Gasteiger partial charge in [-0.2, -0.15) is 0 Å². The van der Waals surface area contributed by atoms with Crippen LogP contribution in [0.2, 0.25) is 0 Å². The van der Waals surface area contributed by atoms with Crippen molar-refractivity contribution in [1.82, 2.24) is 4.98 Å². The molecular formula is C18H19NO2. The smallest absolute Gasteiger partial charge is 0.336 e. The standard InChI is InChI=1S/C18H19NO2/c1-5-16-13(4)12(3)15(9-17(16)18(20)21)8-14-7-6-11(2)19-10-14/h5-7,9-10H,1,8H2,2-4H3,(H,20,21). The van der Waals surface area contributed by atoms with E-state index in [-0.39, 0.29) is 0 Å². The summed E-state index contributed by atoms with van der Waals surface area (Å²) in [6, 6.07) is 5.74. The van der Waals surface area contributed by atoms with Crippen molar-refractivity contribution in [3.05, 3.63) is 70.0 Å². The predicted molar refractivity (Wildman–Crippen MR) is 84.7 cm³/mol. The van der Waals surface area contributed by atoms with E-state index in [0.29, 0.717) is 17.5 Å². The van der Waals surface area contributed by atoms with E-state index in [1.807, 2.05) is 39.1 Å².